The molecular formula is C10H9BrF2N2O. The first-order valence-electron chi connectivity index (χ1n) is 4.41. The van der Waals surface area contributed by atoms with Gasteiger partial charge in [0.15, 0.2) is 0 Å². The predicted molar refractivity (Wildman–Crippen MR) is 59.4 cm³/mol. The molecule has 1 rings (SSSR count). The van der Waals surface area contributed by atoms with E-state index in [0.29, 0.717) is 10.2 Å². The summed E-state index contributed by atoms with van der Waals surface area (Å²) in [6, 6.07) is 6.58. The summed E-state index contributed by atoms with van der Waals surface area (Å²) in [5.74, 6) is -3.20. The zero-order valence-electron chi connectivity index (χ0n) is 8.17. The lowest BCUT2D eigenvalue weighted by Crippen LogP contribution is -2.31. The summed E-state index contributed by atoms with van der Waals surface area (Å²) in [6.07, 6.45) is 0. The maximum atomic E-state index is 12.8. The molecule has 86 valence electrons. The zero-order valence-corrected chi connectivity index (χ0v) is 9.76. The molecule has 0 unspecified atom stereocenters. The Kier molecular flexibility index (Phi) is 4.21. The predicted octanol–water partition coefficient (Wildman–Crippen LogP) is 2.36. The Morgan fingerprint density at radius 1 is 1.50 bits per heavy atom. The Morgan fingerprint density at radius 3 is 2.75 bits per heavy atom. The van der Waals surface area contributed by atoms with Crippen LogP contribution in [0.4, 0.5) is 14.5 Å². The second kappa shape index (κ2) is 5.23. The Bertz CT molecular complexity index is 418. The van der Waals surface area contributed by atoms with Gasteiger partial charge in [0.25, 0.3) is 5.92 Å². The normalized spacial score (nSPS) is 10.9. The van der Waals surface area contributed by atoms with Crippen molar-refractivity contribution in [2.75, 3.05) is 18.5 Å². The highest BCUT2D eigenvalue weighted by atomic mass is 79.9. The third-order valence-electron chi connectivity index (χ3n) is 1.87. The number of rotatable bonds is 4. The van der Waals surface area contributed by atoms with Crippen LogP contribution in [0.15, 0.2) is 22.7 Å². The molecule has 2 N–H and O–H groups in total. The van der Waals surface area contributed by atoms with Gasteiger partial charge in [0.1, 0.15) is 12.7 Å². The Morgan fingerprint density at radius 2 is 2.19 bits per heavy atom. The first kappa shape index (κ1) is 12.9. The Labute approximate surface area is 99.8 Å². The minimum Gasteiger partial charge on any atom is -0.390 e. The number of nitrogens with one attached hydrogen (secondary N) is 1. The number of alkyl halides is 2. The molecule has 0 atom stereocenters. The number of benzene rings is 1. The second-order valence-electron chi connectivity index (χ2n) is 3.17. The van der Waals surface area contributed by atoms with Crippen LogP contribution in [0.2, 0.25) is 0 Å². The molecule has 0 fully saturated rings. The number of aliphatic hydroxyl groups is 1. The van der Waals surface area contributed by atoms with E-state index in [9.17, 15) is 8.78 Å². The van der Waals surface area contributed by atoms with Crippen LogP contribution in [0.3, 0.4) is 0 Å². The summed E-state index contributed by atoms with van der Waals surface area (Å²) in [6.45, 7) is -1.94. The lowest BCUT2D eigenvalue weighted by atomic mass is 10.2. The molecule has 0 amide bonds. The van der Waals surface area contributed by atoms with Gasteiger partial charge in [-0.25, -0.2) is 8.78 Å². The van der Waals surface area contributed by atoms with Crippen LogP contribution < -0.4 is 5.32 Å². The largest absolute Gasteiger partial charge is 0.390 e. The molecule has 0 aliphatic carbocycles. The average Bonchev–Trinajstić information content (AvgIpc) is 2.27. The lowest BCUT2D eigenvalue weighted by Gasteiger charge is -2.15. The van der Waals surface area contributed by atoms with E-state index in [0.717, 1.165) is 0 Å². The standard InChI is InChI=1S/C10H9BrF2N2O/c11-8-2-1-7(4-14)9(3-8)15-5-10(12,13)6-16/h1-3,15-16H,5-6H2. The number of halogens is 3. The third kappa shape index (κ3) is 3.43. The van der Waals surface area contributed by atoms with Crippen molar-refractivity contribution in [1.29, 1.82) is 5.26 Å². The van der Waals surface area contributed by atoms with Gasteiger partial charge in [-0.2, -0.15) is 5.26 Å². The third-order valence-corrected chi connectivity index (χ3v) is 2.36. The fourth-order valence-electron chi connectivity index (χ4n) is 1.04. The lowest BCUT2D eigenvalue weighted by molar-refractivity contribution is -0.0372. The first-order chi connectivity index (χ1) is 7.48. The van der Waals surface area contributed by atoms with Gasteiger partial charge in [-0.1, -0.05) is 15.9 Å². The van der Waals surface area contributed by atoms with Crippen molar-refractivity contribution >= 4 is 21.6 Å². The highest BCUT2D eigenvalue weighted by Crippen LogP contribution is 2.22. The number of hydrogen-bond donors (Lipinski definition) is 2. The molecule has 0 spiro atoms. The maximum absolute atomic E-state index is 12.8. The van der Waals surface area contributed by atoms with Crippen molar-refractivity contribution < 1.29 is 13.9 Å². The quantitative estimate of drug-likeness (QED) is 0.895. The fourth-order valence-corrected chi connectivity index (χ4v) is 1.40. The molecule has 1 aromatic rings. The summed E-state index contributed by atoms with van der Waals surface area (Å²) in [5.41, 5.74) is 0.585. The van der Waals surface area contributed by atoms with Crippen molar-refractivity contribution in [2.45, 2.75) is 5.92 Å². The average molecular weight is 291 g/mol. The number of aliphatic hydroxyl groups excluding tert-OH is 1. The molecule has 1 aromatic carbocycles. The van der Waals surface area contributed by atoms with Gasteiger partial charge in [-0.3, -0.25) is 0 Å². The molecule has 0 aromatic heterocycles. The van der Waals surface area contributed by atoms with Gasteiger partial charge in [0.2, 0.25) is 0 Å². The number of anilines is 1. The van der Waals surface area contributed by atoms with Gasteiger partial charge < -0.3 is 10.4 Å². The van der Waals surface area contributed by atoms with Crippen LogP contribution in [-0.4, -0.2) is 24.2 Å². The van der Waals surface area contributed by atoms with Gasteiger partial charge >= 0.3 is 0 Å². The van der Waals surface area contributed by atoms with Crippen LogP contribution in [0.5, 0.6) is 0 Å². The van der Waals surface area contributed by atoms with E-state index in [1.807, 2.05) is 6.07 Å². The molecule has 6 heteroatoms. The van der Waals surface area contributed by atoms with Crippen LogP contribution >= 0.6 is 15.9 Å². The van der Waals surface area contributed by atoms with Crippen LogP contribution in [0.1, 0.15) is 5.56 Å². The van der Waals surface area contributed by atoms with Crippen molar-refractivity contribution in [1.82, 2.24) is 0 Å². The molecule has 16 heavy (non-hydrogen) atoms. The van der Waals surface area contributed by atoms with E-state index >= 15 is 0 Å². The summed E-state index contributed by atoms with van der Waals surface area (Å²) in [7, 11) is 0. The minimum absolute atomic E-state index is 0.275. The molecule has 3 nitrogen and oxygen atoms in total. The highest BCUT2D eigenvalue weighted by molar-refractivity contribution is 9.10. The van der Waals surface area contributed by atoms with Crippen molar-refractivity contribution in [3.63, 3.8) is 0 Å². The SMILES string of the molecule is N#Cc1ccc(Br)cc1NCC(F)(F)CO. The first-order valence-corrected chi connectivity index (χ1v) is 5.20. The molecular weight excluding hydrogens is 282 g/mol. The van der Waals surface area contributed by atoms with Gasteiger partial charge in [-0.15, -0.1) is 0 Å². The van der Waals surface area contributed by atoms with Gasteiger partial charge in [-0.05, 0) is 18.2 Å². The zero-order chi connectivity index (χ0) is 12.2. The van der Waals surface area contributed by atoms with Crippen molar-refractivity contribution in [3.8, 4) is 6.07 Å². The fraction of sp³-hybridized carbons (Fsp3) is 0.300. The summed E-state index contributed by atoms with van der Waals surface area (Å²) in [4.78, 5) is 0. The van der Waals surface area contributed by atoms with Crippen LogP contribution in [0.25, 0.3) is 0 Å². The molecule has 0 saturated heterocycles. The maximum Gasteiger partial charge on any atom is 0.287 e. The highest BCUT2D eigenvalue weighted by Gasteiger charge is 2.27. The molecule has 0 heterocycles. The summed E-state index contributed by atoms with van der Waals surface area (Å²) >= 11 is 3.18. The van der Waals surface area contributed by atoms with Crippen molar-refractivity contribution in [2.24, 2.45) is 0 Å². The van der Waals surface area contributed by atoms with Gasteiger partial charge in [0, 0.05) is 4.47 Å². The number of hydrogen-bond acceptors (Lipinski definition) is 3. The van der Waals surface area contributed by atoms with E-state index in [4.69, 9.17) is 10.4 Å². The number of nitrogens with zero attached hydrogens (tertiary/aromatic N) is 1. The molecule has 0 saturated carbocycles. The van der Waals surface area contributed by atoms with E-state index in [1.165, 1.54) is 12.1 Å². The van der Waals surface area contributed by atoms with Crippen molar-refractivity contribution in [3.05, 3.63) is 28.2 Å². The van der Waals surface area contributed by atoms with E-state index < -0.39 is 19.1 Å². The van der Waals surface area contributed by atoms with E-state index in [1.54, 1.807) is 6.07 Å². The molecule has 0 radical (unpaired) electrons. The topological polar surface area (TPSA) is 56.0 Å². The van der Waals surface area contributed by atoms with Crippen LogP contribution in [-0.2, 0) is 0 Å². The van der Waals surface area contributed by atoms with Gasteiger partial charge in [0.05, 0.1) is 17.8 Å². The Balaban J connectivity index is 2.81. The van der Waals surface area contributed by atoms with Crippen LogP contribution in [0, 0.1) is 11.3 Å². The smallest absolute Gasteiger partial charge is 0.287 e. The Hall–Kier alpha value is -1.19. The number of nitriles is 1. The minimum atomic E-state index is -3.20. The summed E-state index contributed by atoms with van der Waals surface area (Å²) < 4.78 is 26.2. The molecule has 0 aliphatic heterocycles. The monoisotopic (exact) mass is 290 g/mol. The second-order valence-corrected chi connectivity index (χ2v) is 4.09. The molecule has 0 aliphatic rings. The molecule has 0 bridgehead atoms. The van der Waals surface area contributed by atoms with E-state index in [-0.39, 0.29) is 5.56 Å². The summed E-state index contributed by atoms with van der Waals surface area (Å²) in [5, 5.41) is 19.6. The van der Waals surface area contributed by atoms with E-state index in [2.05, 4.69) is 21.2 Å².